The minimum absolute atomic E-state index is 0.00273. The van der Waals surface area contributed by atoms with Gasteiger partial charge in [-0.3, -0.25) is 0 Å². The lowest BCUT2D eigenvalue weighted by Crippen LogP contribution is -2.22. The first kappa shape index (κ1) is 13.8. The highest BCUT2D eigenvalue weighted by Crippen LogP contribution is 2.35. The molecule has 0 amide bonds. The average Bonchev–Trinajstić information content (AvgIpc) is 3.30. The van der Waals surface area contributed by atoms with E-state index >= 15 is 0 Å². The van der Waals surface area contributed by atoms with Crippen LogP contribution in [0.25, 0.3) is 10.9 Å². The van der Waals surface area contributed by atoms with Gasteiger partial charge in [0, 0.05) is 11.4 Å². The van der Waals surface area contributed by atoms with Crippen LogP contribution in [-0.4, -0.2) is 27.3 Å². The number of nitrogens with zero attached hydrogens (tertiary/aromatic N) is 2. The fourth-order valence-corrected chi connectivity index (χ4v) is 2.64. The van der Waals surface area contributed by atoms with Gasteiger partial charge in [-0.15, -0.1) is 10.2 Å². The molecular formula is C16H19N3O2. The van der Waals surface area contributed by atoms with E-state index in [2.05, 4.69) is 22.4 Å². The highest BCUT2D eigenvalue weighted by molar-refractivity contribution is 6.02. The van der Waals surface area contributed by atoms with Crippen molar-refractivity contribution < 1.29 is 9.90 Å². The molecule has 1 aliphatic carbocycles. The number of carboxylic acid groups (broad SMARTS) is 1. The second kappa shape index (κ2) is 5.68. The standard InChI is InChI=1S/C16H19N3O2/c1-2-11(9-10-7-8-10)17-14-12-5-3-4-6-13(12)18-19-15(14)16(20)21/h3-6,10-11H,2,7-9H2,1H3,(H,17,18)(H,20,21). The molecule has 1 aliphatic rings. The van der Waals surface area contributed by atoms with Crippen LogP contribution in [0, 0.1) is 5.92 Å². The highest BCUT2D eigenvalue weighted by Gasteiger charge is 2.26. The first-order chi connectivity index (χ1) is 10.2. The molecule has 21 heavy (non-hydrogen) atoms. The Balaban J connectivity index is 2.00. The molecule has 0 bridgehead atoms. The van der Waals surface area contributed by atoms with Crippen LogP contribution in [0.3, 0.4) is 0 Å². The molecular weight excluding hydrogens is 266 g/mol. The van der Waals surface area contributed by atoms with Gasteiger partial charge in [0.25, 0.3) is 0 Å². The van der Waals surface area contributed by atoms with Crippen LogP contribution in [-0.2, 0) is 0 Å². The summed E-state index contributed by atoms with van der Waals surface area (Å²) in [4.78, 5) is 11.4. The molecule has 1 heterocycles. The summed E-state index contributed by atoms with van der Waals surface area (Å²) in [6.07, 6.45) is 4.64. The number of rotatable bonds is 6. The van der Waals surface area contributed by atoms with E-state index in [-0.39, 0.29) is 11.7 Å². The van der Waals surface area contributed by atoms with Gasteiger partial charge < -0.3 is 10.4 Å². The van der Waals surface area contributed by atoms with Crippen molar-refractivity contribution in [3.63, 3.8) is 0 Å². The minimum atomic E-state index is -1.04. The summed E-state index contributed by atoms with van der Waals surface area (Å²) < 4.78 is 0. The minimum Gasteiger partial charge on any atom is -0.476 e. The molecule has 1 saturated carbocycles. The Bertz CT molecular complexity index is 668. The molecule has 2 N–H and O–H groups in total. The molecule has 5 nitrogen and oxygen atoms in total. The predicted molar refractivity (Wildman–Crippen MR) is 81.5 cm³/mol. The molecule has 1 atom stereocenters. The monoisotopic (exact) mass is 285 g/mol. The number of aromatic nitrogens is 2. The molecule has 0 saturated heterocycles. The van der Waals surface area contributed by atoms with Crippen molar-refractivity contribution in [1.82, 2.24) is 10.2 Å². The van der Waals surface area contributed by atoms with Crippen molar-refractivity contribution in [3.05, 3.63) is 30.0 Å². The highest BCUT2D eigenvalue weighted by atomic mass is 16.4. The molecule has 5 heteroatoms. The predicted octanol–water partition coefficient (Wildman–Crippen LogP) is 3.32. The van der Waals surface area contributed by atoms with Gasteiger partial charge in [-0.2, -0.15) is 0 Å². The van der Waals surface area contributed by atoms with Crippen molar-refractivity contribution in [2.24, 2.45) is 5.92 Å². The SMILES string of the molecule is CCC(CC1CC1)Nc1c(C(=O)O)nnc2ccccc12. The van der Waals surface area contributed by atoms with Crippen LogP contribution in [0.5, 0.6) is 0 Å². The molecule has 1 unspecified atom stereocenters. The van der Waals surface area contributed by atoms with Crippen LogP contribution in [0.2, 0.25) is 0 Å². The normalized spacial score (nSPS) is 15.9. The molecule has 3 rings (SSSR count). The second-order valence-corrected chi connectivity index (χ2v) is 5.67. The lowest BCUT2D eigenvalue weighted by atomic mass is 10.1. The number of aromatic carboxylic acids is 1. The second-order valence-electron chi connectivity index (χ2n) is 5.67. The summed E-state index contributed by atoms with van der Waals surface area (Å²) in [5, 5.41) is 21.5. The zero-order chi connectivity index (χ0) is 14.8. The summed E-state index contributed by atoms with van der Waals surface area (Å²) in [6, 6.07) is 7.79. The number of fused-ring (bicyclic) bond motifs is 1. The largest absolute Gasteiger partial charge is 0.476 e. The Kier molecular flexibility index (Phi) is 3.73. The summed E-state index contributed by atoms with van der Waals surface area (Å²) in [5.41, 5.74) is 1.31. The lowest BCUT2D eigenvalue weighted by molar-refractivity contribution is 0.0690. The maximum atomic E-state index is 11.4. The van der Waals surface area contributed by atoms with Crippen LogP contribution < -0.4 is 5.32 Å². The third-order valence-corrected chi connectivity index (χ3v) is 4.03. The zero-order valence-corrected chi connectivity index (χ0v) is 12.0. The third-order valence-electron chi connectivity index (χ3n) is 4.03. The van der Waals surface area contributed by atoms with Gasteiger partial charge in [-0.1, -0.05) is 38.0 Å². The zero-order valence-electron chi connectivity index (χ0n) is 12.0. The van der Waals surface area contributed by atoms with Gasteiger partial charge in [0.1, 0.15) is 0 Å². The number of benzene rings is 1. The van der Waals surface area contributed by atoms with Crippen LogP contribution in [0.4, 0.5) is 5.69 Å². The van der Waals surface area contributed by atoms with Gasteiger partial charge in [0.05, 0.1) is 11.2 Å². The van der Waals surface area contributed by atoms with Gasteiger partial charge in [-0.05, 0) is 24.8 Å². The number of hydrogen-bond acceptors (Lipinski definition) is 4. The summed E-state index contributed by atoms with van der Waals surface area (Å²) >= 11 is 0. The Morgan fingerprint density at radius 3 is 2.81 bits per heavy atom. The van der Waals surface area contributed by atoms with Gasteiger partial charge in [0.2, 0.25) is 0 Å². The summed E-state index contributed by atoms with van der Waals surface area (Å²) in [7, 11) is 0. The van der Waals surface area contributed by atoms with E-state index in [9.17, 15) is 9.90 Å². The number of anilines is 1. The van der Waals surface area contributed by atoms with E-state index in [0.717, 1.165) is 24.1 Å². The fraction of sp³-hybridized carbons (Fsp3) is 0.438. The maximum absolute atomic E-state index is 11.4. The van der Waals surface area contributed by atoms with Gasteiger partial charge in [-0.25, -0.2) is 4.79 Å². The van der Waals surface area contributed by atoms with Gasteiger partial charge >= 0.3 is 5.97 Å². The fourth-order valence-electron chi connectivity index (χ4n) is 2.64. The smallest absolute Gasteiger partial charge is 0.358 e. The number of carbonyl (C=O) groups is 1. The van der Waals surface area contributed by atoms with Crippen molar-refractivity contribution in [3.8, 4) is 0 Å². The topological polar surface area (TPSA) is 75.1 Å². The molecule has 1 aromatic carbocycles. The van der Waals surface area contributed by atoms with Gasteiger partial charge in [0.15, 0.2) is 5.69 Å². The van der Waals surface area contributed by atoms with E-state index in [0.29, 0.717) is 11.2 Å². The van der Waals surface area contributed by atoms with Crippen LogP contribution in [0.1, 0.15) is 43.1 Å². The first-order valence-electron chi connectivity index (χ1n) is 7.44. The van der Waals surface area contributed by atoms with Crippen molar-refractivity contribution in [1.29, 1.82) is 0 Å². The first-order valence-corrected chi connectivity index (χ1v) is 7.44. The number of carboxylic acids is 1. The van der Waals surface area contributed by atoms with Crippen LogP contribution >= 0.6 is 0 Å². The Morgan fingerprint density at radius 1 is 1.38 bits per heavy atom. The third kappa shape index (κ3) is 2.96. The summed E-state index contributed by atoms with van der Waals surface area (Å²) in [5.74, 6) is -0.256. The average molecular weight is 285 g/mol. The molecule has 1 fully saturated rings. The van der Waals surface area contributed by atoms with Crippen molar-refractivity contribution in [2.75, 3.05) is 5.32 Å². The molecule has 2 aromatic rings. The van der Waals surface area contributed by atoms with Crippen molar-refractivity contribution >= 4 is 22.6 Å². The van der Waals surface area contributed by atoms with E-state index in [1.54, 1.807) is 0 Å². The quantitative estimate of drug-likeness (QED) is 0.851. The number of nitrogens with one attached hydrogen (secondary N) is 1. The Labute approximate surface area is 123 Å². The molecule has 0 radical (unpaired) electrons. The van der Waals surface area contributed by atoms with Crippen LogP contribution in [0.15, 0.2) is 24.3 Å². The van der Waals surface area contributed by atoms with E-state index < -0.39 is 5.97 Å². The molecule has 1 aromatic heterocycles. The Morgan fingerprint density at radius 2 is 2.14 bits per heavy atom. The van der Waals surface area contributed by atoms with E-state index in [4.69, 9.17) is 0 Å². The molecule has 110 valence electrons. The maximum Gasteiger partial charge on any atom is 0.358 e. The Hall–Kier alpha value is -2.17. The lowest BCUT2D eigenvalue weighted by Gasteiger charge is -2.20. The number of hydrogen-bond donors (Lipinski definition) is 2. The summed E-state index contributed by atoms with van der Waals surface area (Å²) in [6.45, 7) is 2.12. The molecule has 0 spiro atoms. The van der Waals surface area contributed by atoms with E-state index in [1.807, 2.05) is 24.3 Å². The van der Waals surface area contributed by atoms with Crippen molar-refractivity contribution in [2.45, 2.75) is 38.6 Å². The van der Waals surface area contributed by atoms with E-state index in [1.165, 1.54) is 12.8 Å². The molecule has 0 aliphatic heterocycles.